The summed E-state index contributed by atoms with van der Waals surface area (Å²) in [4.78, 5) is 0. The molecule has 17 heavy (non-hydrogen) atoms. The number of rotatable bonds is 1. The summed E-state index contributed by atoms with van der Waals surface area (Å²) >= 11 is 0. The number of aromatic nitrogens is 2. The van der Waals surface area contributed by atoms with Gasteiger partial charge in [0.1, 0.15) is 0 Å². The second-order valence-electron chi connectivity index (χ2n) is 5.64. The van der Waals surface area contributed by atoms with Crippen LogP contribution in [0.2, 0.25) is 0 Å². The summed E-state index contributed by atoms with van der Waals surface area (Å²) in [5.41, 5.74) is 2.30. The highest BCUT2D eigenvalue weighted by Gasteiger charge is 2.53. The van der Waals surface area contributed by atoms with E-state index in [1.54, 1.807) is 0 Å². The minimum atomic E-state index is -0.377. The van der Waals surface area contributed by atoms with E-state index in [4.69, 9.17) is 14.0 Å². The van der Waals surface area contributed by atoms with Crippen molar-refractivity contribution in [1.82, 2.24) is 10.2 Å². The molecule has 1 aromatic heterocycles. The van der Waals surface area contributed by atoms with Gasteiger partial charge in [-0.3, -0.25) is 5.10 Å². The largest absolute Gasteiger partial charge is 0.514 e. The van der Waals surface area contributed by atoms with Gasteiger partial charge in [0.05, 0.1) is 35.7 Å². The van der Waals surface area contributed by atoms with Crippen molar-refractivity contribution >= 4 is 12.7 Å². The third kappa shape index (κ3) is 1.55. The molecule has 0 aromatic carbocycles. The van der Waals surface area contributed by atoms with Gasteiger partial charge < -0.3 is 14.0 Å². The van der Waals surface area contributed by atoms with Crippen LogP contribution in [0.5, 0.6) is 0 Å². The highest BCUT2D eigenvalue weighted by atomic mass is 16.7. The Labute approximate surface area is 101 Å². The van der Waals surface area contributed by atoms with E-state index in [0.29, 0.717) is 13.2 Å². The van der Waals surface area contributed by atoms with Crippen molar-refractivity contribution in [3.63, 3.8) is 0 Å². The Morgan fingerprint density at radius 1 is 1.12 bits per heavy atom. The van der Waals surface area contributed by atoms with Gasteiger partial charge in [-0.1, -0.05) is 0 Å². The molecule has 0 radical (unpaired) electrons. The van der Waals surface area contributed by atoms with Crippen LogP contribution < -0.4 is 5.59 Å². The topological polar surface area (TPSA) is 56.4 Å². The average Bonchev–Trinajstić information content (AvgIpc) is 2.78. The Kier molecular flexibility index (Phi) is 2.21. The molecule has 2 aliphatic heterocycles. The third-order valence-corrected chi connectivity index (χ3v) is 3.96. The molecule has 0 saturated carbocycles. The van der Waals surface area contributed by atoms with Crippen molar-refractivity contribution in [3.8, 4) is 0 Å². The van der Waals surface area contributed by atoms with Crippen LogP contribution in [0.3, 0.4) is 0 Å². The normalized spacial score (nSPS) is 25.3. The maximum atomic E-state index is 5.98. The molecule has 0 aliphatic carbocycles. The molecular formula is C11H17BN2O3. The monoisotopic (exact) mass is 236 g/mol. The molecule has 3 rings (SSSR count). The number of nitrogens with zero attached hydrogens (tertiary/aromatic N) is 1. The van der Waals surface area contributed by atoms with Crippen LogP contribution >= 0.6 is 0 Å². The quantitative estimate of drug-likeness (QED) is 0.730. The smallest absolute Gasteiger partial charge is 0.398 e. The van der Waals surface area contributed by atoms with Crippen molar-refractivity contribution in [2.24, 2.45) is 0 Å². The first kappa shape index (κ1) is 11.3. The number of fused-ring (bicyclic) bond motifs is 1. The van der Waals surface area contributed by atoms with E-state index in [-0.39, 0.29) is 18.3 Å². The van der Waals surface area contributed by atoms with Crippen LogP contribution in [0.25, 0.3) is 0 Å². The number of ether oxygens (including phenoxy) is 1. The Hall–Kier alpha value is -0.845. The average molecular weight is 236 g/mol. The van der Waals surface area contributed by atoms with Gasteiger partial charge in [0.2, 0.25) is 0 Å². The van der Waals surface area contributed by atoms with E-state index >= 15 is 0 Å². The second-order valence-corrected chi connectivity index (χ2v) is 5.64. The van der Waals surface area contributed by atoms with E-state index < -0.39 is 0 Å². The molecule has 0 unspecified atom stereocenters. The SMILES string of the molecule is CC1(C)OB(c2[nH]nc3c2COC3)OC1(C)C. The van der Waals surface area contributed by atoms with Crippen molar-refractivity contribution in [3.05, 3.63) is 11.3 Å². The summed E-state index contributed by atoms with van der Waals surface area (Å²) in [6, 6.07) is 0. The Morgan fingerprint density at radius 2 is 1.76 bits per heavy atom. The Balaban J connectivity index is 1.92. The number of nitrogens with one attached hydrogen (secondary N) is 1. The molecule has 92 valence electrons. The van der Waals surface area contributed by atoms with E-state index in [0.717, 1.165) is 16.9 Å². The van der Waals surface area contributed by atoms with Gasteiger partial charge in [-0.15, -0.1) is 0 Å². The molecule has 3 heterocycles. The molecule has 1 N–H and O–H groups in total. The zero-order chi connectivity index (χ0) is 12.3. The van der Waals surface area contributed by atoms with E-state index in [9.17, 15) is 0 Å². The molecule has 1 saturated heterocycles. The van der Waals surface area contributed by atoms with Crippen LogP contribution in [0.1, 0.15) is 39.0 Å². The summed E-state index contributed by atoms with van der Waals surface area (Å²) in [7, 11) is -0.377. The molecule has 1 aromatic rings. The summed E-state index contributed by atoms with van der Waals surface area (Å²) in [5, 5.41) is 7.24. The first-order chi connectivity index (χ1) is 7.91. The number of aromatic amines is 1. The maximum absolute atomic E-state index is 5.98. The van der Waals surface area contributed by atoms with Crippen molar-refractivity contribution in [2.75, 3.05) is 0 Å². The van der Waals surface area contributed by atoms with Crippen molar-refractivity contribution < 1.29 is 14.0 Å². The van der Waals surface area contributed by atoms with Gasteiger partial charge >= 0.3 is 7.12 Å². The van der Waals surface area contributed by atoms with Crippen LogP contribution in [0.15, 0.2) is 0 Å². The number of H-pyrrole nitrogens is 1. The fourth-order valence-corrected chi connectivity index (χ4v) is 2.10. The van der Waals surface area contributed by atoms with Crippen LogP contribution in [0, 0.1) is 0 Å². The molecule has 0 amide bonds. The number of hydrogen-bond donors (Lipinski definition) is 1. The first-order valence-electron chi connectivity index (χ1n) is 5.90. The summed E-state index contributed by atoms with van der Waals surface area (Å²) < 4.78 is 17.3. The zero-order valence-corrected chi connectivity index (χ0v) is 10.7. The van der Waals surface area contributed by atoms with Gasteiger partial charge in [0.25, 0.3) is 0 Å². The lowest BCUT2D eigenvalue weighted by molar-refractivity contribution is 0.00578. The molecule has 5 nitrogen and oxygen atoms in total. The van der Waals surface area contributed by atoms with Gasteiger partial charge in [-0.25, -0.2) is 0 Å². The Morgan fingerprint density at radius 3 is 2.41 bits per heavy atom. The predicted molar refractivity (Wildman–Crippen MR) is 62.8 cm³/mol. The van der Waals surface area contributed by atoms with Crippen molar-refractivity contribution in [2.45, 2.75) is 52.1 Å². The molecule has 0 spiro atoms. The second kappa shape index (κ2) is 3.34. The third-order valence-electron chi connectivity index (χ3n) is 3.96. The number of hydrogen-bond acceptors (Lipinski definition) is 4. The van der Waals surface area contributed by atoms with Gasteiger partial charge in [0.15, 0.2) is 0 Å². The van der Waals surface area contributed by atoms with Crippen LogP contribution in [-0.2, 0) is 27.3 Å². The molecule has 2 aliphatic rings. The van der Waals surface area contributed by atoms with Gasteiger partial charge in [-0.2, -0.15) is 5.10 Å². The lowest BCUT2D eigenvalue weighted by Crippen LogP contribution is -2.41. The standard InChI is InChI=1S/C11H17BN2O3/c1-10(2)11(3,4)17-12(16-10)9-7-5-15-6-8(7)13-14-9/h5-6H2,1-4H3,(H,13,14). The van der Waals surface area contributed by atoms with Gasteiger partial charge in [-0.05, 0) is 27.7 Å². The van der Waals surface area contributed by atoms with E-state index in [2.05, 4.69) is 10.2 Å². The summed E-state index contributed by atoms with van der Waals surface area (Å²) in [6.07, 6.45) is 0. The van der Waals surface area contributed by atoms with E-state index in [1.807, 2.05) is 27.7 Å². The van der Waals surface area contributed by atoms with Crippen LogP contribution in [-0.4, -0.2) is 28.5 Å². The minimum Gasteiger partial charge on any atom is -0.398 e. The fourth-order valence-electron chi connectivity index (χ4n) is 2.10. The summed E-state index contributed by atoms with van der Waals surface area (Å²) in [6.45, 7) is 9.33. The predicted octanol–water partition coefficient (Wildman–Crippen LogP) is 0.739. The minimum absolute atomic E-state index is 0.324. The van der Waals surface area contributed by atoms with Gasteiger partial charge in [0, 0.05) is 5.56 Å². The summed E-state index contributed by atoms with van der Waals surface area (Å²) in [5.74, 6) is 0. The molecule has 0 atom stereocenters. The molecular weight excluding hydrogens is 219 g/mol. The van der Waals surface area contributed by atoms with E-state index in [1.165, 1.54) is 0 Å². The molecule has 1 fully saturated rings. The highest BCUT2D eigenvalue weighted by molar-refractivity contribution is 6.61. The first-order valence-corrected chi connectivity index (χ1v) is 5.90. The molecule has 6 heteroatoms. The highest BCUT2D eigenvalue weighted by Crippen LogP contribution is 2.36. The lowest BCUT2D eigenvalue weighted by Gasteiger charge is -2.32. The van der Waals surface area contributed by atoms with Crippen molar-refractivity contribution in [1.29, 1.82) is 0 Å². The van der Waals surface area contributed by atoms with Crippen LogP contribution in [0.4, 0.5) is 0 Å². The Bertz CT molecular complexity index is 440. The molecule has 0 bridgehead atoms. The fraction of sp³-hybridized carbons (Fsp3) is 0.727. The maximum Gasteiger partial charge on any atom is 0.514 e. The lowest BCUT2D eigenvalue weighted by atomic mass is 9.82. The zero-order valence-electron chi connectivity index (χ0n) is 10.7.